The predicted molar refractivity (Wildman–Crippen MR) is 482 cm³/mol. The van der Waals surface area contributed by atoms with Gasteiger partial charge in [0.1, 0.15) is 28.1 Å². The first-order valence-electron chi connectivity index (χ1n) is 43.8. The Bertz CT molecular complexity index is 7090. The van der Waals surface area contributed by atoms with Crippen LogP contribution in [-0.4, -0.2) is 209 Å². The minimum Gasteiger partial charge on any atom is -0.497 e. The molecule has 7 saturated heterocycles. The second-order valence-corrected chi connectivity index (χ2v) is 35.0. The summed E-state index contributed by atoms with van der Waals surface area (Å²) in [4.78, 5) is 208. The molecule has 11 aliphatic heterocycles. The Morgan fingerprint density at radius 1 is 0.411 bits per heavy atom. The Balaban J connectivity index is 0.000000130. The second kappa shape index (κ2) is 37.2. The number of aromatic nitrogens is 1. The molecule has 7 fully saturated rings. The van der Waals surface area contributed by atoms with E-state index in [9.17, 15) is 99.4 Å². The predicted octanol–water partition coefficient (Wildman–Crippen LogP) is 3.53. The normalized spacial score (nSPS) is 23.1. The molecule has 141 heavy (non-hydrogen) atoms. The van der Waals surface area contributed by atoms with Gasteiger partial charge in [0.25, 0.3) is 53.2 Å². The molecule has 13 N–H and O–H groups in total. The van der Waals surface area contributed by atoms with E-state index in [-0.39, 0.29) is 109 Å². The Kier molecular flexibility index (Phi) is 25.1. The van der Waals surface area contributed by atoms with Crippen LogP contribution in [0.1, 0.15) is 147 Å². The third kappa shape index (κ3) is 17.9. The molecular weight excluding hydrogens is 1840 g/mol. The summed E-state index contributed by atoms with van der Waals surface area (Å²) in [5, 5.41) is 39.9. The molecule has 0 bridgehead atoms. The molecule has 0 radical (unpaired) electrons. The number of halogens is 4. The zero-order valence-corrected chi connectivity index (χ0v) is 75.5. The maximum Gasteiger partial charge on any atom is 0.323 e. The lowest BCUT2D eigenvalue weighted by Crippen LogP contribution is -2.54. The number of nitrogens with zero attached hydrogens (tertiary/aromatic N) is 5. The third-order valence-corrected chi connectivity index (χ3v) is 26.0. The SMILES string of the molecule is COc1ccc2c(c1)C(=O)N(C[C@@]1(C#Cc3ccc4c(c3)CCCC43NC(=O)NC3=O)NC(=O)NC1=O)C2.COc1ccc2c(c1F)C(=O)N(C[C@@]1(C#Cc3ccc(C4(C)NC(=O)NC4=O)c(F)c3)NC(=O)NC1=O)C2.COc1ccc2c(c1F)C(=O)N(C[C@@]1(C#Cc3ccc(C4(O)CCNCC4)cc3)NC(=O)NC1=O)C2.COc1ccc2c(c1F)C(=O)N(C[C@@]1(C#Cc3cccnc3)CC(=O)NC1=O)C2. The first kappa shape index (κ1) is 95.2. The number of piperidine rings is 1. The van der Waals surface area contributed by atoms with Crippen LogP contribution in [0.4, 0.5) is 41.5 Å². The molecule has 38 nitrogen and oxygen atoms in total. The smallest absolute Gasteiger partial charge is 0.323 e. The Hall–Kier alpha value is -17.5. The number of carbonyl (C=O) groups excluding carboxylic acids is 16. The number of pyridine rings is 1. The van der Waals surface area contributed by atoms with Crippen molar-refractivity contribution in [3.05, 3.63) is 252 Å². The summed E-state index contributed by atoms with van der Waals surface area (Å²) in [7, 11) is 5.41. The van der Waals surface area contributed by atoms with Crippen molar-refractivity contribution >= 4 is 95.1 Å². The van der Waals surface area contributed by atoms with Gasteiger partial charge in [0.05, 0.1) is 76.8 Å². The van der Waals surface area contributed by atoms with Crippen LogP contribution < -0.4 is 82.7 Å². The number of methoxy groups -OCH3 is 4. The number of hydrogen-bond acceptors (Lipinski definition) is 23. The maximum absolute atomic E-state index is 15.0. The van der Waals surface area contributed by atoms with E-state index >= 15 is 0 Å². The van der Waals surface area contributed by atoms with E-state index < -0.39 is 152 Å². The molecule has 1 spiro atoms. The molecule has 12 heterocycles. The lowest BCUT2D eigenvalue weighted by atomic mass is 9.76. The summed E-state index contributed by atoms with van der Waals surface area (Å²) < 4.78 is 79.1. The Labute approximate surface area is 798 Å². The van der Waals surface area contributed by atoms with Crippen molar-refractivity contribution in [3.63, 3.8) is 0 Å². The van der Waals surface area contributed by atoms with Crippen molar-refractivity contribution in [3.8, 4) is 70.4 Å². The van der Waals surface area contributed by atoms with Crippen LogP contribution in [0.2, 0.25) is 0 Å². The Morgan fingerprint density at radius 3 is 1.30 bits per heavy atom. The topological polar surface area (TPSA) is 500 Å². The van der Waals surface area contributed by atoms with E-state index in [1.807, 2.05) is 11.4 Å². The summed E-state index contributed by atoms with van der Waals surface area (Å²) in [6.07, 6.45) is 6.05. The first-order chi connectivity index (χ1) is 67.4. The van der Waals surface area contributed by atoms with E-state index in [4.69, 9.17) is 18.9 Å². The van der Waals surface area contributed by atoms with Crippen molar-refractivity contribution < 1.29 is 118 Å². The van der Waals surface area contributed by atoms with Gasteiger partial charge in [-0.15, -0.1) is 0 Å². The van der Waals surface area contributed by atoms with Crippen LogP contribution in [0.5, 0.6) is 23.0 Å². The molecule has 1 aliphatic carbocycles. The van der Waals surface area contributed by atoms with E-state index in [2.05, 4.69) is 111 Å². The minimum atomic E-state index is -1.91. The number of benzene rings is 7. The number of fused-ring (bicyclic) bond motifs is 6. The van der Waals surface area contributed by atoms with Gasteiger partial charge < -0.3 is 75.6 Å². The molecule has 2 unspecified atom stereocenters. The average molecular weight is 1920 g/mol. The highest BCUT2D eigenvalue weighted by molar-refractivity contribution is 6.14. The van der Waals surface area contributed by atoms with Gasteiger partial charge >= 0.3 is 30.2 Å². The van der Waals surface area contributed by atoms with Crippen LogP contribution in [0, 0.1) is 76.0 Å². The molecule has 20 rings (SSSR count). The van der Waals surface area contributed by atoms with Crippen molar-refractivity contribution in [2.45, 2.75) is 105 Å². The monoisotopic (exact) mass is 1920 g/mol. The van der Waals surface area contributed by atoms with Crippen molar-refractivity contribution in [1.82, 2.24) is 88.4 Å². The van der Waals surface area contributed by atoms with Crippen LogP contribution in [-0.2, 0) is 82.8 Å². The summed E-state index contributed by atoms with van der Waals surface area (Å²) in [5.74, 6) is 13.3. The molecule has 1 aromatic heterocycles. The molecule has 6 atom stereocenters. The lowest BCUT2D eigenvalue weighted by Gasteiger charge is -2.33. The van der Waals surface area contributed by atoms with Gasteiger partial charge in [-0.1, -0.05) is 95.9 Å². The summed E-state index contributed by atoms with van der Waals surface area (Å²) in [6.45, 7) is 2.23. The summed E-state index contributed by atoms with van der Waals surface area (Å²) in [6, 6.07) is 30.1. The van der Waals surface area contributed by atoms with Crippen molar-refractivity contribution in [2.24, 2.45) is 5.41 Å². The number of amides is 21. The number of carbonyl (C=O) groups is 16. The zero-order valence-electron chi connectivity index (χ0n) is 75.5. The van der Waals surface area contributed by atoms with E-state index in [0.717, 1.165) is 41.4 Å². The lowest BCUT2D eigenvalue weighted by molar-refractivity contribution is -0.128. The number of hydrogen-bond donors (Lipinski definition) is 13. The number of ether oxygens (including phenoxy) is 4. The molecule has 718 valence electrons. The van der Waals surface area contributed by atoms with Crippen LogP contribution in [0.25, 0.3) is 0 Å². The standard InChI is InChI=1S/C27H23N5O6.C26H25FN4O5.C25H19F2N5O6.C21H16FN3O4/c1-38-18-6-5-17-13-32(21(33)19(17)12-18)14-26(22(34)28-24(36)30-26)10-8-15-4-7-20-16(11-15)3-2-9-27(20)23(35)29-25(37)31-27;1-36-19-7-4-17-14-31(22(32)20(17)21(19)27)15-25(23(33)29-24(34)30-25)9-8-16-2-5-18(6-3-16)26(35)10-12-28-13-11-26;1-24(20(34)28-22(36)30-24)14-5-3-12(9-15(14)26)7-8-25(21(35)29-23(37)31-25)11-32-10-13-4-6-16(38-2)18(27)17(13)19(32)33;1-29-15-5-4-14-11-25(19(27)17(14)18(15)22)12-21(9-16(26)24-20(21)28)7-6-13-3-2-8-23-10-13/h4-7,11-12H,2-3,9,13-14H2,1H3,(H2,28,30,34,36)(H2,29,31,35,37);2-7,28,35H,10-15H2,1H3,(H2,29,30,33,34);3-6,9H,10-11H2,1-2H3,(H2,28,30,34,36)(H2,29,31,35,37);2-5,8,10H,9,11-12H2,1H3,(H,24,26,28)/t26-,27?;25-;24?,25-;21-/m1111/s1. The van der Waals surface area contributed by atoms with Gasteiger partial charge in [-0.05, 0) is 170 Å². The quantitative estimate of drug-likeness (QED) is 0.0320. The molecule has 0 saturated carbocycles. The fourth-order valence-electron chi connectivity index (χ4n) is 18.6. The zero-order chi connectivity index (χ0) is 100. The molecule has 42 heteroatoms. The highest BCUT2D eigenvalue weighted by Gasteiger charge is 2.56. The summed E-state index contributed by atoms with van der Waals surface area (Å²) in [5.41, 5.74) is -4.05. The maximum atomic E-state index is 15.0. The minimum absolute atomic E-state index is 0.0289. The fraction of sp³-hybridized carbons (Fsp3) is 0.283. The molecular formula is C99H83F4N17O21. The molecule has 7 aromatic carbocycles. The fourth-order valence-corrected chi connectivity index (χ4v) is 18.6. The van der Waals surface area contributed by atoms with E-state index in [1.54, 1.807) is 85.1 Å². The number of rotatable bonds is 14. The third-order valence-electron chi connectivity index (χ3n) is 26.0. The van der Waals surface area contributed by atoms with Gasteiger partial charge in [-0.2, -0.15) is 0 Å². The van der Waals surface area contributed by atoms with Gasteiger partial charge in [0.15, 0.2) is 34.7 Å². The highest BCUT2D eigenvalue weighted by atomic mass is 19.1. The highest BCUT2D eigenvalue weighted by Crippen LogP contribution is 2.42. The molecule has 8 aromatic rings. The number of aliphatic hydroxyl groups is 1. The number of imide groups is 6. The van der Waals surface area contributed by atoms with Gasteiger partial charge in [0.2, 0.25) is 28.4 Å². The average Bonchev–Trinajstić information content (AvgIpc) is 1.63. The van der Waals surface area contributed by atoms with E-state index in [1.165, 1.54) is 97.6 Å². The van der Waals surface area contributed by atoms with Crippen molar-refractivity contribution in [1.29, 1.82) is 0 Å². The van der Waals surface area contributed by atoms with Crippen LogP contribution in [0.15, 0.2) is 140 Å². The summed E-state index contributed by atoms with van der Waals surface area (Å²) >= 11 is 0. The first-order valence-corrected chi connectivity index (χ1v) is 43.8. The number of aryl methyl sites for hydroxylation is 1. The molecule has 12 aliphatic rings. The number of urea groups is 5. The van der Waals surface area contributed by atoms with E-state index in [0.29, 0.717) is 76.8 Å². The second-order valence-electron chi connectivity index (χ2n) is 35.0. The largest absolute Gasteiger partial charge is 0.497 e. The number of nitrogens with one attached hydrogen (secondary N) is 12. The van der Waals surface area contributed by atoms with Crippen molar-refractivity contribution in [2.75, 3.05) is 67.7 Å². The van der Waals surface area contributed by atoms with Gasteiger partial charge in [0, 0.05) is 78.5 Å². The van der Waals surface area contributed by atoms with Crippen LogP contribution >= 0.6 is 0 Å². The van der Waals surface area contributed by atoms with Crippen LogP contribution in [0.3, 0.4) is 0 Å². The molecule has 21 amide bonds. The van der Waals surface area contributed by atoms with Gasteiger partial charge in [-0.3, -0.25) is 89.6 Å². The van der Waals surface area contributed by atoms with Gasteiger partial charge in [-0.25, -0.2) is 41.5 Å². The Morgan fingerprint density at radius 2 is 0.858 bits per heavy atom.